The van der Waals surface area contributed by atoms with E-state index in [4.69, 9.17) is 4.42 Å². The minimum Gasteiger partial charge on any atom is -0.481 e. The number of carbonyl (C=O) groups is 3. The maximum Gasteiger partial charge on any atom is 0.311 e. The van der Waals surface area contributed by atoms with Gasteiger partial charge in [-0.3, -0.25) is 14.4 Å². The third-order valence-corrected chi connectivity index (χ3v) is 5.29. The summed E-state index contributed by atoms with van der Waals surface area (Å²) in [5, 5.41) is 9.45. The number of rotatable bonds is 2. The lowest BCUT2D eigenvalue weighted by Gasteiger charge is -2.32. The number of carboxylic acid groups (broad SMARTS) is 1. The van der Waals surface area contributed by atoms with E-state index in [2.05, 4.69) is 0 Å². The van der Waals surface area contributed by atoms with E-state index in [1.54, 1.807) is 36.1 Å². The van der Waals surface area contributed by atoms with Crippen LogP contribution < -0.4 is 4.90 Å². The van der Waals surface area contributed by atoms with Crippen LogP contribution in [-0.2, 0) is 11.2 Å². The number of Topliss-reactive ketones (excluding diaryl/α,β-unsaturated/α-hetero) is 1. The number of hydrogen-bond donors (Lipinski definition) is 1. The first-order chi connectivity index (χ1) is 12.5. The van der Waals surface area contributed by atoms with Crippen LogP contribution in [0.25, 0.3) is 0 Å². The average molecular weight is 353 g/mol. The van der Waals surface area contributed by atoms with Crippen LogP contribution in [0.1, 0.15) is 63.0 Å². The molecule has 1 amide bonds. The van der Waals surface area contributed by atoms with Crippen LogP contribution in [0.4, 0.5) is 5.69 Å². The van der Waals surface area contributed by atoms with E-state index in [1.807, 2.05) is 0 Å². The Balaban J connectivity index is 1.75. The highest BCUT2D eigenvalue weighted by molar-refractivity contribution is 6.09. The third kappa shape index (κ3) is 2.44. The van der Waals surface area contributed by atoms with Gasteiger partial charge >= 0.3 is 5.97 Å². The SMILES string of the molecule is Cc1c(C(=O)N2CCC(C(=O)O)c3ccccc32)oc2c1C(=O)CCC2. The molecular weight excluding hydrogens is 334 g/mol. The number of nitrogens with zero attached hydrogens (tertiary/aromatic N) is 1. The second-order valence-electron chi connectivity index (χ2n) is 6.83. The second kappa shape index (κ2) is 6.12. The first kappa shape index (κ1) is 16.6. The topological polar surface area (TPSA) is 87.8 Å². The molecule has 4 rings (SSSR count). The van der Waals surface area contributed by atoms with Crippen molar-refractivity contribution in [2.45, 2.75) is 38.5 Å². The van der Waals surface area contributed by atoms with Gasteiger partial charge in [0, 0.05) is 30.6 Å². The van der Waals surface area contributed by atoms with Crippen molar-refractivity contribution in [1.29, 1.82) is 0 Å². The molecule has 6 heteroatoms. The summed E-state index contributed by atoms with van der Waals surface area (Å²) in [4.78, 5) is 38.4. The van der Waals surface area contributed by atoms with Gasteiger partial charge in [0.05, 0.1) is 11.5 Å². The molecule has 0 bridgehead atoms. The summed E-state index contributed by atoms with van der Waals surface area (Å²) < 4.78 is 5.78. The first-order valence-electron chi connectivity index (χ1n) is 8.78. The van der Waals surface area contributed by atoms with Crippen LogP contribution in [0.5, 0.6) is 0 Å². The van der Waals surface area contributed by atoms with Gasteiger partial charge < -0.3 is 14.4 Å². The molecule has 1 aromatic carbocycles. The Bertz CT molecular complexity index is 926. The Labute approximate surface area is 150 Å². The molecule has 26 heavy (non-hydrogen) atoms. The maximum absolute atomic E-state index is 13.2. The van der Waals surface area contributed by atoms with Crippen molar-refractivity contribution in [3.63, 3.8) is 0 Å². The molecule has 0 saturated carbocycles. The number of furan rings is 1. The van der Waals surface area contributed by atoms with Gasteiger partial charge in [-0.05, 0) is 31.4 Å². The molecule has 0 saturated heterocycles. The number of carboxylic acids is 1. The van der Waals surface area contributed by atoms with Crippen molar-refractivity contribution >= 4 is 23.3 Å². The molecule has 6 nitrogen and oxygen atoms in total. The molecule has 134 valence electrons. The predicted octanol–water partition coefficient (Wildman–Crippen LogP) is 3.33. The minimum absolute atomic E-state index is 0.0246. The van der Waals surface area contributed by atoms with Gasteiger partial charge in [-0.15, -0.1) is 0 Å². The molecular formula is C20H19NO5. The highest BCUT2D eigenvalue weighted by Gasteiger charge is 2.36. The molecule has 1 unspecified atom stereocenters. The van der Waals surface area contributed by atoms with E-state index in [0.29, 0.717) is 53.9 Å². The number of para-hydroxylation sites is 1. The van der Waals surface area contributed by atoms with Crippen molar-refractivity contribution < 1.29 is 23.9 Å². The molecule has 2 aromatic rings. The van der Waals surface area contributed by atoms with Crippen molar-refractivity contribution in [3.8, 4) is 0 Å². The van der Waals surface area contributed by atoms with Crippen LogP contribution in [0.15, 0.2) is 28.7 Å². The monoisotopic (exact) mass is 353 g/mol. The summed E-state index contributed by atoms with van der Waals surface area (Å²) in [6, 6.07) is 7.06. The van der Waals surface area contributed by atoms with Gasteiger partial charge in [0.1, 0.15) is 5.76 Å². The predicted molar refractivity (Wildman–Crippen MR) is 93.8 cm³/mol. The summed E-state index contributed by atoms with van der Waals surface area (Å²) in [7, 11) is 0. The standard InChI is InChI=1S/C20H19NO5/c1-11-17-15(22)7-4-8-16(17)26-18(11)19(23)21-10-9-13(20(24)25)12-5-2-3-6-14(12)21/h2-3,5-6,13H,4,7-10H2,1H3,(H,24,25). The Morgan fingerprint density at radius 2 is 2.00 bits per heavy atom. The second-order valence-corrected chi connectivity index (χ2v) is 6.83. The fourth-order valence-electron chi connectivity index (χ4n) is 4.00. The van der Waals surface area contributed by atoms with E-state index in [-0.39, 0.29) is 17.5 Å². The van der Waals surface area contributed by atoms with Crippen molar-refractivity contribution in [3.05, 3.63) is 52.5 Å². The number of fused-ring (bicyclic) bond motifs is 2. The molecule has 1 aliphatic heterocycles. The molecule has 0 radical (unpaired) electrons. The lowest BCUT2D eigenvalue weighted by atomic mass is 9.89. The first-order valence-corrected chi connectivity index (χ1v) is 8.78. The third-order valence-electron chi connectivity index (χ3n) is 5.29. The molecule has 2 heterocycles. The summed E-state index contributed by atoms with van der Waals surface area (Å²) in [6.07, 6.45) is 2.22. The van der Waals surface area contributed by atoms with E-state index in [0.717, 1.165) is 6.42 Å². The lowest BCUT2D eigenvalue weighted by Crippen LogP contribution is -2.38. The summed E-state index contributed by atoms with van der Waals surface area (Å²) in [5.41, 5.74) is 2.36. The van der Waals surface area contributed by atoms with Gasteiger partial charge in [-0.25, -0.2) is 0 Å². The van der Waals surface area contributed by atoms with Crippen LogP contribution in [0.2, 0.25) is 0 Å². The number of aliphatic carboxylic acids is 1. The molecule has 1 N–H and O–H groups in total. The summed E-state index contributed by atoms with van der Waals surface area (Å²) in [6.45, 7) is 2.04. The molecule has 1 aromatic heterocycles. The molecule has 0 fully saturated rings. The number of carbonyl (C=O) groups excluding carboxylic acids is 2. The fraction of sp³-hybridized carbons (Fsp3) is 0.350. The van der Waals surface area contributed by atoms with Gasteiger partial charge in [-0.2, -0.15) is 0 Å². The average Bonchev–Trinajstić information content (AvgIpc) is 2.98. The van der Waals surface area contributed by atoms with Crippen molar-refractivity contribution in [2.24, 2.45) is 0 Å². The van der Waals surface area contributed by atoms with Crippen LogP contribution >= 0.6 is 0 Å². The normalized spacial score (nSPS) is 19.0. The van der Waals surface area contributed by atoms with E-state index < -0.39 is 11.9 Å². The highest BCUT2D eigenvalue weighted by atomic mass is 16.4. The smallest absolute Gasteiger partial charge is 0.311 e. The van der Waals surface area contributed by atoms with Gasteiger partial charge in [-0.1, -0.05) is 18.2 Å². The zero-order valence-electron chi connectivity index (χ0n) is 14.4. The molecule has 1 aliphatic carbocycles. The number of ketones is 1. The highest BCUT2D eigenvalue weighted by Crippen LogP contribution is 2.37. The van der Waals surface area contributed by atoms with Crippen molar-refractivity contribution in [1.82, 2.24) is 0 Å². The number of hydrogen-bond acceptors (Lipinski definition) is 4. The largest absolute Gasteiger partial charge is 0.481 e. The Kier molecular flexibility index (Phi) is 3.90. The molecule has 0 spiro atoms. The summed E-state index contributed by atoms with van der Waals surface area (Å²) in [5.74, 6) is -1.02. The maximum atomic E-state index is 13.2. The van der Waals surface area contributed by atoms with Crippen molar-refractivity contribution in [2.75, 3.05) is 11.4 Å². The number of benzene rings is 1. The lowest BCUT2D eigenvalue weighted by molar-refractivity contribution is -0.139. The summed E-state index contributed by atoms with van der Waals surface area (Å²) >= 11 is 0. The van der Waals surface area contributed by atoms with Gasteiger partial charge in [0.2, 0.25) is 0 Å². The van der Waals surface area contributed by atoms with Gasteiger partial charge in [0.15, 0.2) is 11.5 Å². The Morgan fingerprint density at radius 1 is 1.23 bits per heavy atom. The Morgan fingerprint density at radius 3 is 2.73 bits per heavy atom. The number of anilines is 1. The quantitative estimate of drug-likeness (QED) is 0.895. The van der Waals surface area contributed by atoms with E-state index in [1.165, 1.54) is 0 Å². The Hall–Kier alpha value is -2.89. The van der Waals surface area contributed by atoms with E-state index in [9.17, 15) is 19.5 Å². The number of aryl methyl sites for hydroxylation is 1. The minimum atomic E-state index is -0.889. The zero-order chi connectivity index (χ0) is 18.4. The van der Waals surface area contributed by atoms with Crippen LogP contribution in [0.3, 0.4) is 0 Å². The van der Waals surface area contributed by atoms with Gasteiger partial charge in [0.25, 0.3) is 5.91 Å². The van der Waals surface area contributed by atoms with Crippen LogP contribution in [0, 0.1) is 6.92 Å². The molecule has 1 atom stereocenters. The van der Waals surface area contributed by atoms with E-state index >= 15 is 0 Å². The van der Waals surface area contributed by atoms with Crippen LogP contribution in [-0.4, -0.2) is 29.3 Å². The fourth-order valence-corrected chi connectivity index (χ4v) is 4.00. The zero-order valence-corrected chi connectivity index (χ0v) is 14.4. The molecule has 2 aliphatic rings. The number of amides is 1.